The maximum atomic E-state index is 12.6. The summed E-state index contributed by atoms with van der Waals surface area (Å²) in [5.74, 6) is 0.539. The third-order valence-corrected chi connectivity index (χ3v) is 4.34. The number of nitrogens with zero attached hydrogens (tertiary/aromatic N) is 4. The minimum atomic E-state index is -4.38. The molecule has 3 heterocycles. The SMILES string of the molecule is C[C@@H]1CN(Cc2cn[nH]c2C=O)CCN1c1ccc(C(F)(F)F)cn1. The molecule has 1 atom stereocenters. The Labute approximate surface area is 142 Å². The Morgan fingerprint density at radius 3 is 2.72 bits per heavy atom. The lowest BCUT2D eigenvalue weighted by atomic mass is 10.1. The second-order valence-corrected chi connectivity index (χ2v) is 6.11. The third-order valence-electron chi connectivity index (χ3n) is 4.34. The van der Waals surface area contributed by atoms with Crippen molar-refractivity contribution in [1.82, 2.24) is 20.1 Å². The van der Waals surface area contributed by atoms with Crippen LogP contribution in [0.1, 0.15) is 28.5 Å². The number of rotatable bonds is 4. The largest absolute Gasteiger partial charge is 0.417 e. The number of aromatic nitrogens is 3. The number of halogens is 3. The predicted molar refractivity (Wildman–Crippen MR) is 85.3 cm³/mol. The molecule has 0 spiro atoms. The minimum absolute atomic E-state index is 0.0876. The molecule has 0 unspecified atom stereocenters. The first kappa shape index (κ1) is 17.4. The van der Waals surface area contributed by atoms with E-state index in [0.29, 0.717) is 31.1 Å². The number of carbonyl (C=O) groups is 1. The Bertz CT molecular complexity index is 728. The first-order valence-electron chi connectivity index (χ1n) is 7.88. The van der Waals surface area contributed by atoms with Crippen LogP contribution in [0.5, 0.6) is 0 Å². The summed E-state index contributed by atoms with van der Waals surface area (Å²) in [4.78, 5) is 19.1. The fraction of sp³-hybridized carbons (Fsp3) is 0.438. The van der Waals surface area contributed by atoms with Crippen molar-refractivity contribution in [2.24, 2.45) is 0 Å². The van der Waals surface area contributed by atoms with Crippen LogP contribution < -0.4 is 4.90 Å². The minimum Gasteiger partial charge on any atom is -0.351 e. The van der Waals surface area contributed by atoms with Gasteiger partial charge in [-0.3, -0.25) is 14.8 Å². The molecule has 2 aromatic rings. The molecule has 6 nitrogen and oxygen atoms in total. The van der Waals surface area contributed by atoms with Gasteiger partial charge in [0.1, 0.15) is 11.5 Å². The maximum absolute atomic E-state index is 12.6. The number of alkyl halides is 3. The van der Waals surface area contributed by atoms with Gasteiger partial charge in [0.2, 0.25) is 0 Å². The molecule has 1 N–H and O–H groups in total. The van der Waals surface area contributed by atoms with E-state index < -0.39 is 11.7 Å². The molecule has 1 aliphatic rings. The van der Waals surface area contributed by atoms with Gasteiger partial charge in [0.05, 0.1) is 11.8 Å². The molecule has 1 saturated heterocycles. The van der Waals surface area contributed by atoms with Crippen molar-refractivity contribution in [2.45, 2.75) is 25.7 Å². The van der Waals surface area contributed by atoms with Crippen LogP contribution in [0.3, 0.4) is 0 Å². The van der Waals surface area contributed by atoms with Gasteiger partial charge in [-0.15, -0.1) is 0 Å². The first-order chi connectivity index (χ1) is 11.9. The van der Waals surface area contributed by atoms with E-state index in [-0.39, 0.29) is 6.04 Å². The van der Waals surface area contributed by atoms with Gasteiger partial charge in [-0.1, -0.05) is 0 Å². The Kier molecular flexibility index (Phi) is 4.76. The smallest absolute Gasteiger partial charge is 0.351 e. The van der Waals surface area contributed by atoms with Gasteiger partial charge in [0.25, 0.3) is 0 Å². The van der Waals surface area contributed by atoms with Crippen LogP contribution in [-0.2, 0) is 12.7 Å². The van der Waals surface area contributed by atoms with Crippen molar-refractivity contribution in [3.8, 4) is 0 Å². The highest BCUT2D eigenvalue weighted by atomic mass is 19.4. The summed E-state index contributed by atoms with van der Waals surface area (Å²) in [6.07, 6.45) is -1.13. The van der Waals surface area contributed by atoms with Gasteiger partial charge in [-0.05, 0) is 19.1 Å². The number of hydrogen-bond acceptors (Lipinski definition) is 5. The average Bonchev–Trinajstić information content (AvgIpc) is 3.01. The number of aromatic amines is 1. The molecule has 0 amide bonds. The van der Waals surface area contributed by atoms with Gasteiger partial charge >= 0.3 is 6.18 Å². The van der Waals surface area contributed by atoms with Crippen molar-refractivity contribution in [2.75, 3.05) is 24.5 Å². The highest BCUT2D eigenvalue weighted by molar-refractivity contribution is 5.73. The van der Waals surface area contributed by atoms with Crippen LogP contribution in [0.4, 0.5) is 19.0 Å². The molecule has 25 heavy (non-hydrogen) atoms. The summed E-state index contributed by atoms with van der Waals surface area (Å²) in [5.41, 5.74) is 0.562. The molecule has 0 radical (unpaired) electrons. The van der Waals surface area contributed by atoms with Crippen molar-refractivity contribution < 1.29 is 18.0 Å². The number of carbonyl (C=O) groups excluding carboxylic acids is 1. The summed E-state index contributed by atoms with van der Waals surface area (Å²) < 4.78 is 37.9. The Balaban J connectivity index is 1.64. The van der Waals surface area contributed by atoms with E-state index in [9.17, 15) is 18.0 Å². The van der Waals surface area contributed by atoms with Crippen LogP contribution >= 0.6 is 0 Å². The molecule has 3 rings (SSSR count). The molecular weight excluding hydrogens is 335 g/mol. The lowest BCUT2D eigenvalue weighted by Crippen LogP contribution is -2.51. The van der Waals surface area contributed by atoms with E-state index in [1.165, 1.54) is 6.07 Å². The predicted octanol–water partition coefficient (Wildman–Crippen LogP) is 2.35. The summed E-state index contributed by atoms with van der Waals surface area (Å²) >= 11 is 0. The Hall–Kier alpha value is -2.42. The van der Waals surface area contributed by atoms with Crippen LogP contribution in [0, 0.1) is 0 Å². The van der Waals surface area contributed by atoms with Crippen LogP contribution in [-0.4, -0.2) is 52.0 Å². The van der Waals surface area contributed by atoms with Gasteiger partial charge in [-0.2, -0.15) is 18.3 Å². The fourth-order valence-electron chi connectivity index (χ4n) is 3.03. The summed E-state index contributed by atoms with van der Waals surface area (Å²) in [6.45, 7) is 4.68. The second kappa shape index (κ2) is 6.83. The number of anilines is 1. The number of hydrogen-bond donors (Lipinski definition) is 1. The van der Waals surface area contributed by atoms with E-state index in [0.717, 1.165) is 30.7 Å². The standard InChI is InChI=1S/C16H18F3N5O/c1-11-8-23(9-12-6-21-22-14(12)10-25)4-5-24(11)15-3-2-13(7-20-15)16(17,18)19/h2-3,6-7,10-11H,4-5,8-9H2,1H3,(H,21,22)/t11-/m1/s1. The van der Waals surface area contributed by atoms with E-state index in [2.05, 4.69) is 20.1 Å². The zero-order chi connectivity index (χ0) is 18.0. The van der Waals surface area contributed by atoms with Crippen LogP contribution in [0.2, 0.25) is 0 Å². The highest BCUT2D eigenvalue weighted by Crippen LogP contribution is 2.30. The maximum Gasteiger partial charge on any atom is 0.417 e. The van der Waals surface area contributed by atoms with Crippen molar-refractivity contribution in [1.29, 1.82) is 0 Å². The molecule has 0 aromatic carbocycles. The molecule has 1 aliphatic heterocycles. The molecule has 0 aliphatic carbocycles. The highest BCUT2D eigenvalue weighted by Gasteiger charge is 2.31. The number of nitrogens with one attached hydrogen (secondary N) is 1. The van der Waals surface area contributed by atoms with E-state index >= 15 is 0 Å². The monoisotopic (exact) mass is 353 g/mol. The molecule has 134 valence electrons. The first-order valence-corrected chi connectivity index (χ1v) is 7.88. The normalized spacial score (nSPS) is 19.2. The number of piperazine rings is 1. The van der Waals surface area contributed by atoms with E-state index in [4.69, 9.17) is 0 Å². The number of aldehydes is 1. The van der Waals surface area contributed by atoms with Gasteiger partial charge in [0, 0.05) is 44.0 Å². The fourth-order valence-corrected chi connectivity index (χ4v) is 3.03. The molecular formula is C16H18F3N5O. The lowest BCUT2D eigenvalue weighted by molar-refractivity contribution is -0.137. The van der Waals surface area contributed by atoms with Crippen LogP contribution in [0.15, 0.2) is 24.5 Å². The second-order valence-electron chi connectivity index (χ2n) is 6.11. The zero-order valence-electron chi connectivity index (χ0n) is 13.6. The van der Waals surface area contributed by atoms with Gasteiger partial charge in [0.15, 0.2) is 6.29 Å². The summed E-state index contributed by atoms with van der Waals surface area (Å²) in [7, 11) is 0. The van der Waals surface area contributed by atoms with Crippen LogP contribution in [0.25, 0.3) is 0 Å². The molecule has 0 bridgehead atoms. The number of H-pyrrole nitrogens is 1. The van der Waals surface area contributed by atoms with E-state index in [1.807, 2.05) is 11.8 Å². The average molecular weight is 353 g/mol. The summed E-state index contributed by atoms with van der Waals surface area (Å²) in [6, 6.07) is 2.56. The van der Waals surface area contributed by atoms with E-state index in [1.54, 1.807) is 6.20 Å². The molecule has 9 heteroatoms. The molecule has 1 fully saturated rings. The quantitative estimate of drug-likeness (QED) is 0.855. The topological polar surface area (TPSA) is 65.1 Å². The van der Waals surface area contributed by atoms with Crippen molar-refractivity contribution in [3.05, 3.63) is 41.3 Å². The zero-order valence-corrected chi connectivity index (χ0v) is 13.6. The van der Waals surface area contributed by atoms with Gasteiger partial charge in [-0.25, -0.2) is 4.98 Å². The molecule has 2 aromatic heterocycles. The Morgan fingerprint density at radius 2 is 2.12 bits per heavy atom. The van der Waals surface area contributed by atoms with Crippen molar-refractivity contribution >= 4 is 12.1 Å². The van der Waals surface area contributed by atoms with Gasteiger partial charge < -0.3 is 4.90 Å². The number of pyridine rings is 1. The lowest BCUT2D eigenvalue weighted by Gasteiger charge is -2.40. The summed E-state index contributed by atoms with van der Waals surface area (Å²) in [5, 5.41) is 6.52. The van der Waals surface area contributed by atoms with Crippen molar-refractivity contribution in [3.63, 3.8) is 0 Å². The molecule has 0 saturated carbocycles. The Morgan fingerprint density at radius 1 is 1.32 bits per heavy atom. The third kappa shape index (κ3) is 3.81.